The van der Waals surface area contributed by atoms with Crippen LogP contribution in [0.4, 0.5) is 0 Å². The Morgan fingerprint density at radius 1 is 1.21 bits per heavy atom. The molecule has 0 spiro atoms. The molecule has 2 unspecified atom stereocenters. The zero-order valence-corrected chi connectivity index (χ0v) is 9.97. The van der Waals surface area contributed by atoms with Crippen molar-refractivity contribution in [2.75, 3.05) is 13.1 Å². The van der Waals surface area contributed by atoms with Crippen LogP contribution in [0.3, 0.4) is 0 Å². The van der Waals surface area contributed by atoms with Gasteiger partial charge in [-0.2, -0.15) is 0 Å². The van der Waals surface area contributed by atoms with E-state index < -0.39 is 0 Å². The standard InChI is InChI=1S/C12H26N2/c1-12(2,3)10-6-4-5-7-11(10)14-9-8-13/h10-11,14H,4-9,13H2,1-3H3. The average Bonchev–Trinajstić information content (AvgIpc) is 2.14. The number of nitrogens with two attached hydrogens (primary N) is 1. The molecule has 2 heteroatoms. The van der Waals surface area contributed by atoms with E-state index in [1.54, 1.807) is 0 Å². The van der Waals surface area contributed by atoms with Crippen LogP contribution in [0.25, 0.3) is 0 Å². The molecule has 1 aliphatic carbocycles. The van der Waals surface area contributed by atoms with Gasteiger partial charge in [0.2, 0.25) is 0 Å². The van der Waals surface area contributed by atoms with Crippen LogP contribution in [0.1, 0.15) is 46.5 Å². The second kappa shape index (κ2) is 5.13. The monoisotopic (exact) mass is 198 g/mol. The van der Waals surface area contributed by atoms with Crippen LogP contribution in [0.5, 0.6) is 0 Å². The van der Waals surface area contributed by atoms with E-state index in [1.807, 2.05) is 0 Å². The third kappa shape index (κ3) is 3.25. The SMILES string of the molecule is CC(C)(C)C1CCCCC1NCCN. The van der Waals surface area contributed by atoms with E-state index in [1.165, 1.54) is 25.7 Å². The van der Waals surface area contributed by atoms with E-state index in [0.717, 1.165) is 19.0 Å². The van der Waals surface area contributed by atoms with Crippen molar-refractivity contribution in [3.05, 3.63) is 0 Å². The molecular weight excluding hydrogens is 172 g/mol. The Morgan fingerprint density at radius 3 is 2.43 bits per heavy atom. The predicted octanol–water partition coefficient (Wildman–Crippen LogP) is 2.14. The first-order valence-corrected chi connectivity index (χ1v) is 5.99. The third-order valence-electron chi connectivity index (χ3n) is 3.43. The molecule has 0 aromatic rings. The topological polar surface area (TPSA) is 38.0 Å². The van der Waals surface area contributed by atoms with Crippen molar-refractivity contribution in [1.82, 2.24) is 5.32 Å². The zero-order valence-electron chi connectivity index (χ0n) is 9.97. The lowest BCUT2D eigenvalue weighted by atomic mass is 9.69. The Hall–Kier alpha value is -0.0800. The lowest BCUT2D eigenvalue weighted by Crippen LogP contribution is -2.45. The molecule has 0 radical (unpaired) electrons. The summed E-state index contributed by atoms with van der Waals surface area (Å²) in [6, 6.07) is 0.701. The van der Waals surface area contributed by atoms with E-state index in [4.69, 9.17) is 5.73 Å². The van der Waals surface area contributed by atoms with Crippen LogP contribution in [0.15, 0.2) is 0 Å². The Labute approximate surface area is 88.6 Å². The molecule has 0 saturated heterocycles. The van der Waals surface area contributed by atoms with Gasteiger partial charge in [-0.1, -0.05) is 33.6 Å². The smallest absolute Gasteiger partial charge is 0.0101 e. The summed E-state index contributed by atoms with van der Waals surface area (Å²) in [4.78, 5) is 0. The maximum Gasteiger partial charge on any atom is 0.0101 e. The Kier molecular flexibility index (Phi) is 4.39. The molecule has 0 aromatic carbocycles. The van der Waals surface area contributed by atoms with Crippen LogP contribution in [-0.4, -0.2) is 19.1 Å². The average molecular weight is 198 g/mol. The third-order valence-corrected chi connectivity index (χ3v) is 3.43. The van der Waals surface area contributed by atoms with Gasteiger partial charge in [0.05, 0.1) is 0 Å². The first-order valence-electron chi connectivity index (χ1n) is 5.99. The molecule has 1 saturated carbocycles. The molecule has 14 heavy (non-hydrogen) atoms. The molecular formula is C12H26N2. The Morgan fingerprint density at radius 2 is 1.86 bits per heavy atom. The first kappa shape index (κ1) is 12.0. The van der Waals surface area contributed by atoms with E-state index in [9.17, 15) is 0 Å². The van der Waals surface area contributed by atoms with Crippen molar-refractivity contribution < 1.29 is 0 Å². The quantitative estimate of drug-likeness (QED) is 0.729. The van der Waals surface area contributed by atoms with Crippen LogP contribution in [0.2, 0.25) is 0 Å². The van der Waals surface area contributed by atoms with E-state index in [2.05, 4.69) is 26.1 Å². The van der Waals surface area contributed by atoms with E-state index >= 15 is 0 Å². The van der Waals surface area contributed by atoms with Crippen molar-refractivity contribution in [3.8, 4) is 0 Å². The fourth-order valence-electron chi connectivity index (χ4n) is 2.68. The molecule has 2 nitrogen and oxygen atoms in total. The largest absolute Gasteiger partial charge is 0.329 e. The molecule has 3 N–H and O–H groups in total. The molecule has 0 heterocycles. The van der Waals surface area contributed by atoms with Gasteiger partial charge in [-0.15, -0.1) is 0 Å². The molecule has 2 atom stereocenters. The summed E-state index contributed by atoms with van der Waals surface area (Å²) >= 11 is 0. The summed E-state index contributed by atoms with van der Waals surface area (Å²) in [7, 11) is 0. The maximum atomic E-state index is 5.54. The number of rotatable bonds is 3. The van der Waals surface area contributed by atoms with Gasteiger partial charge in [-0.3, -0.25) is 0 Å². The lowest BCUT2D eigenvalue weighted by Gasteiger charge is -2.41. The number of nitrogens with one attached hydrogen (secondary N) is 1. The summed E-state index contributed by atoms with van der Waals surface area (Å²) < 4.78 is 0. The van der Waals surface area contributed by atoms with Gasteiger partial charge in [-0.25, -0.2) is 0 Å². The summed E-state index contributed by atoms with van der Waals surface area (Å²) in [5, 5.41) is 3.60. The molecule has 0 aromatic heterocycles. The van der Waals surface area contributed by atoms with Crippen LogP contribution in [0, 0.1) is 11.3 Å². The predicted molar refractivity (Wildman–Crippen MR) is 62.3 cm³/mol. The Balaban J connectivity index is 2.50. The molecule has 1 rings (SSSR count). The summed E-state index contributed by atoms with van der Waals surface area (Å²) in [6.45, 7) is 8.81. The van der Waals surface area contributed by atoms with Gasteiger partial charge in [0.1, 0.15) is 0 Å². The normalized spacial score (nSPS) is 29.1. The number of hydrogen-bond acceptors (Lipinski definition) is 2. The van der Waals surface area contributed by atoms with Gasteiger partial charge < -0.3 is 11.1 Å². The van der Waals surface area contributed by atoms with Crippen LogP contribution >= 0.6 is 0 Å². The summed E-state index contributed by atoms with van der Waals surface area (Å²) in [6.07, 6.45) is 5.51. The second-order valence-electron chi connectivity index (χ2n) is 5.61. The van der Waals surface area contributed by atoms with Gasteiger partial charge >= 0.3 is 0 Å². The molecule has 0 amide bonds. The maximum absolute atomic E-state index is 5.54. The summed E-state index contributed by atoms with van der Waals surface area (Å²) in [5.41, 5.74) is 5.97. The zero-order chi connectivity index (χ0) is 10.6. The highest BCUT2D eigenvalue weighted by Crippen LogP contribution is 2.37. The van der Waals surface area contributed by atoms with Crippen LogP contribution in [-0.2, 0) is 0 Å². The van der Waals surface area contributed by atoms with Crippen molar-refractivity contribution >= 4 is 0 Å². The highest BCUT2D eigenvalue weighted by Gasteiger charge is 2.33. The molecule has 1 aliphatic rings. The highest BCUT2D eigenvalue weighted by molar-refractivity contribution is 4.88. The minimum absolute atomic E-state index is 0.437. The van der Waals surface area contributed by atoms with Crippen LogP contribution < -0.4 is 11.1 Å². The van der Waals surface area contributed by atoms with Gasteiger partial charge in [-0.05, 0) is 24.2 Å². The fourth-order valence-corrected chi connectivity index (χ4v) is 2.68. The molecule has 0 aliphatic heterocycles. The minimum Gasteiger partial charge on any atom is -0.329 e. The van der Waals surface area contributed by atoms with Crippen molar-refractivity contribution in [1.29, 1.82) is 0 Å². The lowest BCUT2D eigenvalue weighted by molar-refractivity contribution is 0.132. The second-order valence-corrected chi connectivity index (χ2v) is 5.61. The van der Waals surface area contributed by atoms with Crippen molar-refractivity contribution in [2.45, 2.75) is 52.5 Å². The Bertz CT molecular complexity index is 160. The van der Waals surface area contributed by atoms with Gasteiger partial charge in [0, 0.05) is 19.1 Å². The molecule has 0 bridgehead atoms. The highest BCUT2D eigenvalue weighted by atomic mass is 14.9. The summed E-state index contributed by atoms with van der Waals surface area (Å²) in [5.74, 6) is 0.822. The van der Waals surface area contributed by atoms with Crippen molar-refractivity contribution in [3.63, 3.8) is 0 Å². The first-order chi connectivity index (χ1) is 6.55. The van der Waals surface area contributed by atoms with Gasteiger partial charge in [0.25, 0.3) is 0 Å². The van der Waals surface area contributed by atoms with E-state index in [0.29, 0.717) is 11.5 Å². The molecule has 84 valence electrons. The number of hydrogen-bond donors (Lipinski definition) is 2. The van der Waals surface area contributed by atoms with E-state index in [-0.39, 0.29) is 0 Å². The molecule has 1 fully saturated rings. The van der Waals surface area contributed by atoms with Gasteiger partial charge in [0.15, 0.2) is 0 Å². The van der Waals surface area contributed by atoms with Crippen molar-refractivity contribution in [2.24, 2.45) is 17.1 Å². The minimum atomic E-state index is 0.437. The fraction of sp³-hybridized carbons (Fsp3) is 1.00.